The first-order chi connectivity index (χ1) is 10.5. The van der Waals surface area contributed by atoms with Gasteiger partial charge < -0.3 is 9.47 Å². The lowest BCUT2D eigenvalue weighted by molar-refractivity contribution is 0.0455. The summed E-state index contributed by atoms with van der Waals surface area (Å²) in [7, 11) is 1.82. The Balaban J connectivity index is 1.59. The molecule has 1 saturated heterocycles. The fourth-order valence-corrected chi connectivity index (χ4v) is 3.08. The first-order valence-corrected chi connectivity index (χ1v) is 7.76. The molecule has 2 aromatic heterocycles. The van der Waals surface area contributed by atoms with Gasteiger partial charge in [0, 0.05) is 50.9 Å². The Bertz CT molecular complexity index is 679. The van der Waals surface area contributed by atoms with Gasteiger partial charge in [-0.3, -0.25) is 9.48 Å². The van der Waals surface area contributed by atoms with Crippen molar-refractivity contribution in [3.8, 4) is 0 Å². The Morgan fingerprint density at radius 3 is 2.73 bits per heavy atom. The first-order valence-electron chi connectivity index (χ1n) is 7.76. The molecule has 22 heavy (non-hydrogen) atoms. The van der Waals surface area contributed by atoms with E-state index in [-0.39, 0.29) is 5.91 Å². The molecule has 1 amide bonds. The highest BCUT2D eigenvalue weighted by molar-refractivity contribution is 5.93. The summed E-state index contributed by atoms with van der Waals surface area (Å²) in [5.74, 6) is 2.12. The molecule has 3 rings (SSSR count). The van der Waals surface area contributed by atoms with Crippen molar-refractivity contribution < 1.29 is 4.79 Å². The topological polar surface area (TPSA) is 56.0 Å². The fraction of sp³-hybridized carbons (Fsp3) is 0.562. The largest absolute Gasteiger partial charge is 0.336 e. The van der Waals surface area contributed by atoms with Crippen LogP contribution in [0.1, 0.15) is 41.8 Å². The highest BCUT2D eigenvalue weighted by Crippen LogP contribution is 2.22. The second-order valence-electron chi connectivity index (χ2n) is 6.46. The summed E-state index contributed by atoms with van der Waals surface area (Å²) in [4.78, 5) is 18.7. The molecule has 0 N–H and O–H groups in total. The van der Waals surface area contributed by atoms with Gasteiger partial charge in [-0.25, -0.2) is 4.98 Å². The summed E-state index contributed by atoms with van der Waals surface area (Å²) in [5, 5.41) is 4.24. The molecule has 0 aliphatic carbocycles. The quantitative estimate of drug-likeness (QED) is 0.865. The summed E-state index contributed by atoms with van der Waals surface area (Å²) in [5.41, 5.74) is 1.55. The van der Waals surface area contributed by atoms with Gasteiger partial charge >= 0.3 is 0 Å². The number of likely N-dealkylation sites (tertiary alicyclic amines) is 1. The zero-order chi connectivity index (χ0) is 15.9. The third-order valence-electron chi connectivity index (χ3n) is 4.18. The molecule has 1 aliphatic rings. The van der Waals surface area contributed by atoms with Gasteiger partial charge in [0.05, 0.1) is 5.69 Å². The number of aromatic nitrogens is 4. The highest BCUT2D eigenvalue weighted by atomic mass is 16.2. The standard InChI is InChI=1S/C16H23N5O/c1-11(2)15-17-5-6-20(15)8-13-9-21(10-13)16(22)14-7-12(3)18-19(14)4/h5-7,11,13H,8-10H2,1-4H3. The van der Waals surface area contributed by atoms with Crippen molar-refractivity contribution in [3.63, 3.8) is 0 Å². The third kappa shape index (κ3) is 2.65. The van der Waals surface area contributed by atoms with Crippen LogP contribution in [0.4, 0.5) is 0 Å². The maximum absolute atomic E-state index is 12.4. The van der Waals surface area contributed by atoms with E-state index in [0.29, 0.717) is 17.5 Å². The number of nitrogens with zero attached hydrogens (tertiary/aromatic N) is 5. The zero-order valence-electron chi connectivity index (χ0n) is 13.7. The van der Waals surface area contributed by atoms with Crippen LogP contribution in [0.15, 0.2) is 18.5 Å². The molecular formula is C16H23N5O. The van der Waals surface area contributed by atoms with E-state index in [1.165, 1.54) is 0 Å². The molecule has 0 spiro atoms. The van der Waals surface area contributed by atoms with Gasteiger partial charge in [0.25, 0.3) is 5.91 Å². The van der Waals surface area contributed by atoms with Crippen molar-refractivity contribution in [2.45, 2.75) is 33.2 Å². The smallest absolute Gasteiger partial charge is 0.272 e. The summed E-state index contributed by atoms with van der Waals surface area (Å²) in [6.07, 6.45) is 3.89. The van der Waals surface area contributed by atoms with E-state index in [0.717, 1.165) is 31.2 Å². The number of amides is 1. The predicted molar refractivity (Wildman–Crippen MR) is 83.7 cm³/mol. The molecule has 0 radical (unpaired) electrons. The van der Waals surface area contributed by atoms with Crippen LogP contribution >= 0.6 is 0 Å². The van der Waals surface area contributed by atoms with Crippen LogP contribution in [0.5, 0.6) is 0 Å². The van der Waals surface area contributed by atoms with E-state index in [2.05, 4.69) is 28.5 Å². The molecule has 6 nitrogen and oxygen atoms in total. The van der Waals surface area contributed by atoms with Gasteiger partial charge in [0.1, 0.15) is 11.5 Å². The molecule has 2 aromatic rings. The van der Waals surface area contributed by atoms with Crippen LogP contribution in [-0.4, -0.2) is 43.2 Å². The molecule has 0 atom stereocenters. The minimum absolute atomic E-state index is 0.0778. The lowest BCUT2D eigenvalue weighted by Crippen LogP contribution is -2.51. The maximum Gasteiger partial charge on any atom is 0.272 e. The Kier molecular flexibility index (Phi) is 3.76. The number of carbonyl (C=O) groups excluding carboxylic acids is 1. The summed E-state index contributed by atoms with van der Waals surface area (Å²) >= 11 is 0. The van der Waals surface area contributed by atoms with E-state index in [1.54, 1.807) is 4.68 Å². The van der Waals surface area contributed by atoms with Crippen LogP contribution in [0, 0.1) is 12.8 Å². The van der Waals surface area contributed by atoms with Crippen LogP contribution in [0.2, 0.25) is 0 Å². The van der Waals surface area contributed by atoms with E-state index in [4.69, 9.17) is 0 Å². The van der Waals surface area contributed by atoms with Gasteiger partial charge in [-0.1, -0.05) is 13.8 Å². The van der Waals surface area contributed by atoms with E-state index in [1.807, 2.05) is 37.3 Å². The zero-order valence-corrected chi connectivity index (χ0v) is 13.7. The van der Waals surface area contributed by atoms with E-state index in [9.17, 15) is 4.79 Å². The molecule has 0 aromatic carbocycles. The number of aryl methyl sites for hydroxylation is 2. The lowest BCUT2D eigenvalue weighted by atomic mass is 9.99. The molecule has 1 fully saturated rings. The second kappa shape index (κ2) is 5.59. The Labute approximate surface area is 130 Å². The molecule has 0 unspecified atom stereocenters. The minimum Gasteiger partial charge on any atom is -0.336 e. The average Bonchev–Trinajstić information content (AvgIpc) is 2.99. The Morgan fingerprint density at radius 2 is 2.14 bits per heavy atom. The van der Waals surface area contributed by atoms with Crippen molar-refractivity contribution in [1.29, 1.82) is 0 Å². The average molecular weight is 301 g/mol. The molecule has 1 aliphatic heterocycles. The van der Waals surface area contributed by atoms with Crippen LogP contribution in [0.3, 0.4) is 0 Å². The number of hydrogen-bond donors (Lipinski definition) is 0. The summed E-state index contributed by atoms with van der Waals surface area (Å²) < 4.78 is 3.88. The van der Waals surface area contributed by atoms with E-state index < -0.39 is 0 Å². The number of imidazole rings is 1. The van der Waals surface area contributed by atoms with Crippen molar-refractivity contribution in [2.24, 2.45) is 13.0 Å². The lowest BCUT2D eigenvalue weighted by Gasteiger charge is -2.39. The molecular weight excluding hydrogens is 278 g/mol. The summed E-state index contributed by atoms with van der Waals surface area (Å²) in [6, 6.07) is 1.85. The first kappa shape index (κ1) is 14.8. The van der Waals surface area contributed by atoms with Crippen molar-refractivity contribution in [3.05, 3.63) is 35.7 Å². The predicted octanol–water partition coefficient (Wildman–Crippen LogP) is 1.82. The monoisotopic (exact) mass is 301 g/mol. The van der Waals surface area contributed by atoms with Gasteiger partial charge in [0.15, 0.2) is 0 Å². The van der Waals surface area contributed by atoms with Gasteiger partial charge in [-0.05, 0) is 13.0 Å². The number of carbonyl (C=O) groups is 1. The van der Waals surface area contributed by atoms with Crippen molar-refractivity contribution >= 4 is 5.91 Å². The SMILES string of the molecule is Cc1cc(C(=O)N2CC(Cn3ccnc3C(C)C)C2)n(C)n1. The summed E-state index contributed by atoms with van der Waals surface area (Å²) in [6.45, 7) is 8.75. The maximum atomic E-state index is 12.4. The van der Waals surface area contributed by atoms with Crippen LogP contribution in [-0.2, 0) is 13.6 Å². The molecule has 3 heterocycles. The molecule has 118 valence electrons. The third-order valence-corrected chi connectivity index (χ3v) is 4.18. The van der Waals surface area contributed by atoms with Gasteiger partial charge in [-0.2, -0.15) is 5.10 Å². The second-order valence-corrected chi connectivity index (χ2v) is 6.46. The van der Waals surface area contributed by atoms with Crippen molar-refractivity contribution in [1.82, 2.24) is 24.2 Å². The van der Waals surface area contributed by atoms with Gasteiger partial charge in [-0.15, -0.1) is 0 Å². The molecule has 6 heteroatoms. The fourth-order valence-electron chi connectivity index (χ4n) is 3.08. The van der Waals surface area contributed by atoms with Gasteiger partial charge in [0.2, 0.25) is 0 Å². The van der Waals surface area contributed by atoms with Crippen LogP contribution in [0.25, 0.3) is 0 Å². The van der Waals surface area contributed by atoms with Crippen LogP contribution < -0.4 is 0 Å². The minimum atomic E-state index is 0.0778. The Hall–Kier alpha value is -2.11. The molecule has 0 bridgehead atoms. The Morgan fingerprint density at radius 1 is 1.41 bits per heavy atom. The highest BCUT2D eigenvalue weighted by Gasteiger charge is 2.33. The van der Waals surface area contributed by atoms with E-state index >= 15 is 0 Å². The number of hydrogen-bond acceptors (Lipinski definition) is 3. The van der Waals surface area contributed by atoms with Crippen molar-refractivity contribution in [2.75, 3.05) is 13.1 Å². The number of rotatable bonds is 4. The normalized spacial score (nSPS) is 15.4. The molecule has 0 saturated carbocycles.